The van der Waals surface area contributed by atoms with E-state index in [0.717, 1.165) is 5.92 Å². The second kappa shape index (κ2) is 20.4. The fourth-order valence-electron chi connectivity index (χ4n) is 0.612. The molecule has 0 spiro atoms. The van der Waals surface area contributed by atoms with Crippen LogP contribution >= 0.6 is 0 Å². The summed E-state index contributed by atoms with van der Waals surface area (Å²) in [6.45, 7) is 14.2. The van der Waals surface area contributed by atoms with Crippen molar-refractivity contribution in [3.8, 4) is 0 Å². The summed E-state index contributed by atoms with van der Waals surface area (Å²) in [5.41, 5.74) is 0. The van der Waals surface area contributed by atoms with Crippen molar-refractivity contribution in [3.05, 3.63) is 0 Å². The van der Waals surface area contributed by atoms with Crippen LogP contribution < -0.4 is 0 Å². The topological polar surface area (TPSA) is 0 Å². The summed E-state index contributed by atoms with van der Waals surface area (Å²) in [5, 5.41) is 0. The lowest BCUT2D eigenvalue weighted by Crippen LogP contribution is -2.04. The molecule has 1 saturated carbocycles. The Kier molecular flexibility index (Phi) is 27.0. The van der Waals surface area contributed by atoms with Gasteiger partial charge in [0.15, 0.2) is 0 Å². The minimum absolute atomic E-state index is 0.616. The van der Waals surface area contributed by atoms with Gasteiger partial charge < -0.3 is 0 Å². The molecule has 0 aromatic heterocycles. The van der Waals surface area contributed by atoms with Crippen molar-refractivity contribution in [1.29, 1.82) is 0 Å². The fourth-order valence-corrected chi connectivity index (χ4v) is 0.612. The predicted octanol–water partition coefficient (Wildman–Crippen LogP) is 6.39. The lowest BCUT2D eigenvalue weighted by Gasteiger charge is -2.18. The van der Waals surface area contributed by atoms with Crippen molar-refractivity contribution >= 4 is 0 Å². The second-order valence-electron chi connectivity index (χ2n) is 4.64. The van der Waals surface area contributed by atoms with Crippen LogP contribution in [0.4, 0.5) is 4.39 Å². The maximum absolute atomic E-state index is 11.4. The van der Waals surface area contributed by atoms with Crippen LogP contribution in [0.25, 0.3) is 0 Å². The molecule has 0 bridgehead atoms. The SMILES string of the molecule is CC1CCC1.CCC.CCC.CCC(C)F. The minimum Gasteiger partial charge on any atom is -0.248 e. The molecule has 1 heteroatoms. The highest BCUT2D eigenvalue weighted by molar-refractivity contribution is 4.62. The van der Waals surface area contributed by atoms with E-state index >= 15 is 0 Å². The van der Waals surface area contributed by atoms with Crippen molar-refractivity contribution in [2.75, 3.05) is 0 Å². The zero-order valence-corrected chi connectivity index (χ0v) is 12.8. The first-order valence-electron chi connectivity index (χ1n) is 7.13. The van der Waals surface area contributed by atoms with E-state index in [1.807, 2.05) is 6.92 Å². The van der Waals surface area contributed by atoms with Crippen molar-refractivity contribution < 1.29 is 4.39 Å². The highest BCUT2D eigenvalue weighted by atomic mass is 19.1. The Morgan fingerprint density at radius 3 is 1.19 bits per heavy atom. The fraction of sp³-hybridized carbons (Fsp3) is 1.00. The largest absolute Gasteiger partial charge is 0.248 e. The molecular weight excluding hydrogens is 199 g/mol. The molecule has 16 heavy (non-hydrogen) atoms. The van der Waals surface area contributed by atoms with Gasteiger partial charge in [0.1, 0.15) is 0 Å². The molecule has 0 aromatic carbocycles. The quantitative estimate of drug-likeness (QED) is 0.493. The monoisotopic (exact) mass is 234 g/mol. The van der Waals surface area contributed by atoms with Crippen LogP contribution in [-0.4, -0.2) is 6.17 Å². The molecule has 0 aromatic rings. The maximum Gasteiger partial charge on any atom is 0.0971 e. The van der Waals surface area contributed by atoms with E-state index in [2.05, 4.69) is 34.6 Å². The highest BCUT2D eigenvalue weighted by Gasteiger charge is 2.09. The zero-order chi connectivity index (χ0) is 13.4. The van der Waals surface area contributed by atoms with Crippen LogP contribution in [0.1, 0.15) is 87.0 Å². The van der Waals surface area contributed by atoms with Gasteiger partial charge in [-0.25, -0.2) is 4.39 Å². The molecule has 0 N–H and O–H groups in total. The molecule has 0 saturated heterocycles. The average molecular weight is 234 g/mol. The first-order chi connectivity index (χ1) is 7.49. The average Bonchev–Trinajstić information content (AvgIpc) is 2.18. The van der Waals surface area contributed by atoms with Gasteiger partial charge in [-0.1, -0.05) is 73.6 Å². The lowest BCUT2D eigenvalue weighted by atomic mass is 9.88. The number of hydrogen-bond donors (Lipinski definition) is 0. The molecular formula is C15H35F. The van der Waals surface area contributed by atoms with Crippen LogP contribution in [0.15, 0.2) is 0 Å². The molecule has 0 amide bonds. The molecule has 1 fully saturated rings. The highest BCUT2D eigenvalue weighted by Crippen LogP contribution is 2.24. The van der Waals surface area contributed by atoms with Gasteiger partial charge in [0, 0.05) is 0 Å². The molecule has 0 heterocycles. The molecule has 1 rings (SSSR count). The number of halogens is 1. The Morgan fingerprint density at radius 2 is 1.19 bits per heavy atom. The molecule has 102 valence electrons. The van der Waals surface area contributed by atoms with Gasteiger partial charge in [-0.05, 0) is 19.3 Å². The summed E-state index contributed by atoms with van der Waals surface area (Å²) in [4.78, 5) is 0. The Morgan fingerprint density at radius 1 is 1.00 bits per heavy atom. The minimum atomic E-state index is -0.616. The Hall–Kier alpha value is -0.0700. The maximum atomic E-state index is 11.4. The van der Waals surface area contributed by atoms with Crippen molar-refractivity contribution in [1.82, 2.24) is 0 Å². The van der Waals surface area contributed by atoms with E-state index in [-0.39, 0.29) is 0 Å². The van der Waals surface area contributed by atoms with Crippen molar-refractivity contribution in [2.24, 2.45) is 5.92 Å². The summed E-state index contributed by atoms with van der Waals surface area (Å²) >= 11 is 0. The van der Waals surface area contributed by atoms with Crippen LogP contribution in [0.5, 0.6) is 0 Å². The normalized spacial score (nSPS) is 15.0. The van der Waals surface area contributed by atoms with E-state index in [1.54, 1.807) is 6.92 Å². The molecule has 1 aliphatic rings. The smallest absolute Gasteiger partial charge is 0.0971 e. The summed E-state index contributed by atoms with van der Waals surface area (Å²) in [6, 6.07) is 0. The van der Waals surface area contributed by atoms with E-state index in [9.17, 15) is 4.39 Å². The molecule has 1 atom stereocenters. The summed E-state index contributed by atoms with van der Waals surface area (Å²) in [5.74, 6) is 1.06. The van der Waals surface area contributed by atoms with E-state index in [0.29, 0.717) is 6.42 Å². The first-order valence-corrected chi connectivity index (χ1v) is 7.13. The number of rotatable bonds is 1. The number of alkyl halides is 1. The van der Waals surface area contributed by atoms with Crippen LogP contribution in [0, 0.1) is 5.92 Å². The van der Waals surface area contributed by atoms with Crippen molar-refractivity contribution in [2.45, 2.75) is 93.2 Å². The third-order valence-electron chi connectivity index (χ3n) is 1.96. The van der Waals surface area contributed by atoms with Crippen LogP contribution in [0.2, 0.25) is 0 Å². The standard InChI is InChI=1S/C5H10.C4H9F.2C3H8/c1-5-3-2-4-5;1-3-4(2)5;2*1-3-2/h5H,2-4H2,1H3;4H,3H2,1-2H3;2*3H2,1-2H3. The van der Waals surface area contributed by atoms with Crippen LogP contribution in [-0.2, 0) is 0 Å². The van der Waals surface area contributed by atoms with Gasteiger partial charge in [-0.15, -0.1) is 0 Å². The zero-order valence-electron chi connectivity index (χ0n) is 12.8. The third kappa shape index (κ3) is 37.0. The summed E-state index contributed by atoms with van der Waals surface area (Å²) in [7, 11) is 0. The Labute approximate surface area is 104 Å². The molecule has 1 unspecified atom stereocenters. The van der Waals surface area contributed by atoms with E-state index in [4.69, 9.17) is 0 Å². The molecule has 0 nitrogen and oxygen atoms in total. The second-order valence-corrected chi connectivity index (χ2v) is 4.64. The van der Waals surface area contributed by atoms with E-state index < -0.39 is 6.17 Å². The first kappa shape index (κ1) is 21.2. The van der Waals surface area contributed by atoms with Gasteiger partial charge in [-0.2, -0.15) is 0 Å². The van der Waals surface area contributed by atoms with E-state index in [1.165, 1.54) is 32.1 Å². The van der Waals surface area contributed by atoms with Gasteiger partial charge in [0.05, 0.1) is 6.17 Å². The third-order valence-corrected chi connectivity index (χ3v) is 1.96. The molecule has 1 aliphatic carbocycles. The number of hydrogen-bond acceptors (Lipinski definition) is 0. The summed E-state index contributed by atoms with van der Waals surface area (Å²) < 4.78 is 11.4. The van der Waals surface area contributed by atoms with Gasteiger partial charge in [-0.3, -0.25) is 0 Å². The Bertz CT molecular complexity index is 79.4. The lowest BCUT2D eigenvalue weighted by molar-refractivity contribution is 0.346. The molecule has 0 radical (unpaired) electrons. The predicted molar refractivity (Wildman–Crippen MR) is 75.8 cm³/mol. The van der Waals surface area contributed by atoms with Gasteiger partial charge in [0.2, 0.25) is 0 Å². The van der Waals surface area contributed by atoms with Crippen LogP contribution in [0.3, 0.4) is 0 Å². The van der Waals surface area contributed by atoms with Crippen molar-refractivity contribution in [3.63, 3.8) is 0 Å². The Balaban J connectivity index is -0.000000146. The van der Waals surface area contributed by atoms with Gasteiger partial charge >= 0.3 is 0 Å². The molecule has 0 aliphatic heterocycles. The van der Waals surface area contributed by atoms with Gasteiger partial charge in [0.25, 0.3) is 0 Å². The summed E-state index contributed by atoms with van der Waals surface area (Å²) in [6.07, 6.45) is 6.98.